The first-order chi connectivity index (χ1) is 8.72. The molecule has 0 saturated heterocycles. The van der Waals surface area contributed by atoms with E-state index in [0.29, 0.717) is 0 Å². The van der Waals surface area contributed by atoms with E-state index in [1.165, 1.54) is 0 Å². The Bertz CT molecular complexity index is 482. The molecule has 2 aromatic carbocycles. The van der Waals surface area contributed by atoms with Crippen molar-refractivity contribution in [1.29, 1.82) is 0 Å². The summed E-state index contributed by atoms with van der Waals surface area (Å²) in [5.41, 5.74) is 14.4. The standard InChI is InChI=1S/C15H18N2O/c1-18-13-9-7-12(8-10-13)15(17)14(16)11-5-3-2-4-6-11/h2-10,14-15H,16-17H2,1H3/t14-,15+/m1/s1. The van der Waals surface area contributed by atoms with Crippen molar-refractivity contribution in [2.45, 2.75) is 12.1 Å². The summed E-state index contributed by atoms with van der Waals surface area (Å²) in [5.74, 6) is 0.819. The fourth-order valence-electron chi connectivity index (χ4n) is 1.92. The van der Waals surface area contributed by atoms with Crippen LogP contribution in [0.4, 0.5) is 0 Å². The Kier molecular flexibility index (Phi) is 3.97. The van der Waals surface area contributed by atoms with Gasteiger partial charge in [0, 0.05) is 12.1 Å². The maximum absolute atomic E-state index is 6.20. The van der Waals surface area contributed by atoms with Crippen LogP contribution in [0.1, 0.15) is 23.2 Å². The number of hydrogen-bond acceptors (Lipinski definition) is 3. The van der Waals surface area contributed by atoms with Crippen molar-refractivity contribution in [3.8, 4) is 5.75 Å². The first kappa shape index (κ1) is 12.6. The molecule has 0 heterocycles. The lowest BCUT2D eigenvalue weighted by molar-refractivity contribution is 0.414. The molecule has 0 aliphatic carbocycles. The van der Waals surface area contributed by atoms with E-state index in [0.717, 1.165) is 16.9 Å². The van der Waals surface area contributed by atoms with Crippen LogP contribution in [0.3, 0.4) is 0 Å². The van der Waals surface area contributed by atoms with Gasteiger partial charge in [0.15, 0.2) is 0 Å². The SMILES string of the molecule is COc1ccc([C@H](N)[C@H](N)c2ccccc2)cc1. The Morgan fingerprint density at radius 2 is 1.28 bits per heavy atom. The fourth-order valence-corrected chi connectivity index (χ4v) is 1.92. The number of nitrogens with two attached hydrogens (primary N) is 2. The van der Waals surface area contributed by atoms with Gasteiger partial charge < -0.3 is 16.2 Å². The minimum Gasteiger partial charge on any atom is -0.497 e. The molecule has 3 heteroatoms. The van der Waals surface area contributed by atoms with E-state index in [2.05, 4.69) is 0 Å². The quantitative estimate of drug-likeness (QED) is 0.865. The van der Waals surface area contributed by atoms with Gasteiger partial charge in [-0.1, -0.05) is 42.5 Å². The number of methoxy groups -OCH3 is 1. The van der Waals surface area contributed by atoms with Gasteiger partial charge >= 0.3 is 0 Å². The monoisotopic (exact) mass is 242 g/mol. The van der Waals surface area contributed by atoms with Gasteiger partial charge in [0.05, 0.1) is 7.11 Å². The number of rotatable bonds is 4. The zero-order chi connectivity index (χ0) is 13.0. The number of hydrogen-bond donors (Lipinski definition) is 2. The topological polar surface area (TPSA) is 61.3 Å². The molecule has 0 amide bonds. The van der Waals surface area contributed by atoms with E-state index < -0.39 is 0 Å². The molecule has 0 aliphatic heterocycles. The zero-order valence-corrected chi connectivity index (χ0v) is 10.4. The minimum atomic E-state index is -0.224. The molecule has 3 nitrogen and oxygen atoms in total. The minimum absolute atomic E-state index is 0.209. The number of benzene rings is 2. The molecule has 0 fully saturated rings. The van der Waals surface area contributed by atoms with Crippen LogP contribution in [-0.4, -0.2) is 7.11 Å². The maximum atomic E-state index is 6.20. The predicted octanol–water partition coefficient (Wildman–Crippen LogP) is 2.40. The highest BCUT2D eigenvalue weighted by atomic mass is 16.5. The Labute approximate surface area is 107 Å². The summed E-state index contributed by atoms with van der Waals surface area (Å²) in [6, 6.07) is 17.2. The molecule has 2 aromatic rings. The lowest BCUT2D eigenvalue weighted by Gasteiger charge is -2.20. The van der Waals surface area contributed by atoms with Gasteiger partial charge in [-0.2, -0.15) is 0 Å². The van der Waals surface area contributed by atoms with Crippen LogP contribution in [0.15, 0.2) is 54.6 Å². The predicted molar refractivity (Wildman–Crippen MR) is 73.3 cm³/mol. The lowest BCUT2D eigenvalue weighted by atomic mass is 9.95. The van der Waals surface area contributed by atoms with Crippen LogP contribution in [-0.2, 0) is 0 Å². The molecule has 2 atom stereocenters. The third kappa shape index (κ3) is 2.70. The van der Waals surface area contributed by atoms with Crippen LogP contribution >= 0.6 is 0 Å². The van der Waals surface area contributed by atoms with Gasteiger partial charge in [-0.15, -0.1) is 0 Å². The largest absolute Gasteiger partial charge is 0.497 e. The molecule has 4 N–H and O–H groups in total. The van der Waals surface area contributed by atoms with Crippen molar-refractivity contribution in [1.82, 2.24) is 0 Å². The van der Waals surface area contributed by atoms with Crippen LogP contribution in [0.5, 0.6) is 5.75 Å². The van der Waals surface area contributed by atoms with E-state index in [4.69, 9.17) is 16.2 Å². The van der Waals surface area contributed by atoms with Crippen molar-refractivity contribution in [3.05, 3.63) is 65.7 Å². The van der Waals surface area contributed by atoms with Crippen LogP contribution in [0.25, 0.3) is 0 Å². The Morgan fingerprint density at radius 3 is 1.78 bits per heavy atom. The third-order valence-corrected chi connectivity index (χ3v) is 3.07. The van der Waals surface area contributed by atoms with Gasteiger partial charge in [-0.25, -0.2) is 0 Å². The Morgan fingerprint density at radius 1 is 0.778 bits per heavy atom. The Balaban J connectivity index is 2.17. The van der Waals surface area contributed by atoms with Gasteiger partial charge in [-0.3, -0.25) is 0 Å². The van der Waals surface area contributed by atoms with E-state index in [1.54, 1.807) is 7.11 Å². The smallest absolute Gasteiger partial charge is 0.118 e. The summed E-state index contributed by atoms with van der Waals surface area (Å²) in [6.07, 6.45) is 0. The van der Waals surface area contributed by atoms with Crippen molar-refractivity contribution >= 4 is 0 Å². The third-order valence-electron chi connectivity index (χ3n) is 3.07. The van der Waals surface area contributed by atoms with Gasteiger partial charge in [0.2, 0.25) is 0 Å². The molecular weight excluding hydrogens is 224 g/mol. The van der Waals surface area contributed by atoms with Crippen molar-refractivity contribution in [3.63, 3.8) is 0 Å². The molecule has 0 bridgehead atoms. The highest BCUT2D eigenvalue weighted by Crippen LogP contribution is 2.25. The summed E-state index contributed by atoms with van der Waals surface area (Å²) < 4.78 is 5.12. The second kappa shape index (κ2) is 5.67. The van der Waals surface area contributed by atoms with Crippen LogP contribution in [0.2, 0.25) is 0 Å². The molecule has 0 saturated carbocycles. The van der Waals surface area contributed by atoms with E-state index in [-0.39, 0.29) is 12.1 Å². The fraction of sp³-hybridized carbons (Fsp3) is 0.200. The lowest BCUT2D eigenvalue weighted by Crippen LogP contribution is -2.26. The van der Waals surface area contributed by atoms with Crippen molar-refractivity contribution in [2.75, 3.05) is 7.11 Å². The average molecular weight is 242 g/mol. The first-order valence-electron chi connectivity index (χ1n) is 5.92. The van der Waals surface area contributed by atoms with E-state index in [1.807, 2.05) is 54.6 Å². The van der Waals surface area contributed by atoms with E-state index >= 15 is 0 Å². The van der Waals surface area contributed by atoms with E-state index in [9.17, 15) is 0 Å². The molecule has 18 heavy (non-hydrogen) atoms. The summed E-state index contributed by atoms with van der Waals surface area (Å²) in [6.45, 7) is 0. The van der Waals surface area contributed by atoms with Gasteiger partial charge in [-0.05, 0) is 23.3 Å². The molecule has 0 radical (unpaired) electrons. The molecule has 0 unspecified atom stereocenters. The molecule has 0 aromatic heterocycles. The molecule has 2 rings (SSSR count). The van der Waals surface area contributed by atoms with Crippen LogP contribution < -0.4 is 16.2 Å². The van der Waals surface area contributed by atoms with Crippen molar-refractivity contribution < 1.29 is 4.74 Å². The summed E-state index contributed by atoms with van der Waals surface area (Å²) in [4.78, 5) is 0. The Hall–Kier alpha value is -1.84. The second-order valence-corrected chi connectivity index (χ2v) is 4.24. The van der Waals surface area contributed by atoms with Gasteiger partial charge in [0.25, 0.3) is 0 Å². The van der Waals surface area contributed by atoms with Crippen LogP contribution in [0, 0.1) is 0 Å². The highest BCUT2D eigenvalue weighted by Gasteiger charge is 2.16. The molecular formula is C15H18N2O. The number of ether oxygens (including phenoxy) is 1. The van der Waals surface area contributed by atoms with Crippen molar-refractivity contribution in [2.24, 2.45) is 11.5 Å². The molecule has 94 valence electrons. The first-order valence-corrected chi connectivity index (χ1v) is 5.92. The summed E-state index contributed by atoms with van der Waals surface area (Å²) >= 11 is 0. The average Bonchev–Trinajstić information content (AvgIpc) is 2.47. The highest BCUT2D eigenvalue weighted by molar-refractivity contribution is 5.31. The maximum Gasteiger partial charge on any atom is 0.118 e. The molecule has 0 aliphatic rings. The second-order valence-electron chi connectivity index (χ2n) is 4.24. The zero-order valence-electron chi connectivity index (χ0n) is 10.4. The summed E-state index contributed by atoms with van der Waals surface area (Å²) in [5, 5.41) is 0. The summed E-state index contributed by atoms with van der Waals surface area (Å²) in [7, 11) is 1.64. The molecule has 0 spiro atoms. The normalized spacial score (nSPS) is 13.9. The van der Waals surface area contributed by atoms with Gasteiger partial charge in [0.1, 0.15) is 5.75 Å².